The molecule has 116 valence electrons. The van der Waals surface area contributed by atoms with Crippen LogP contribution in [0.5, 0.6) is 5.75 Å². The molecule has 0 aromatic heterocycles. The summed E-state index contributed by atoms with van der Waals surface area (Å²) in [5.74, 6) is 0.816. The van der Waals surface area contributed by atoms with Gasteiger partial charge in [0, 0.05) is 5.69 Å². The van der Waals surface area contributed by atoms with Crippen molar-refractivity contribution >= 4 is 11.7 Å². The van der Waals surface area contributed by atoms with Gasteiger partial charge in [-0.25, -0.2) is 4.79 Å². The molecule has 4 nitrogen and oxygen atoms in total. The lowest BCUT2D eigenvalue weighted by Gasteiger charge is -2.10. The maximum atomic E-state index is 11.8. The smallest absolute Gasteiger partial charge is 0.319 e. The molecule has 0 fully saturated rings. The van der Waals surface area contributed by atoms with E-state index in [0.29, 0.717) is 13.2 Å². The largest absolute Gasteiger partial charge is 0.492 e. The third kappa shape index (κ3) is 5.13. The quantitative estimate of drug-likeness (QED) is 0.825. The fourth-order valence-corrected chi connectivity index (χ4v) is 2.26. The van der Waals surface area contributed by atoms with Gasteiger partial charge in [0.1, 0.15) is 12.4 Å². The van der Waals surface area contributed by atoms with Crippen molar-refractivity contribution in [3.8, 4) is 5.75 Å². The van der Waals surface area contributed by atoms with Crippen LogP contribution in [0.2, 0.25) is 0 Å². The van der Waals surface area contributed by atoms with Gasteiger partial charge in [0.15, 0.2) is 0 Å². The number of hydrogen-bond acceptors (Lipinski definition) is 2. The number of benzene rings is 2. The minimum Gasteiger partial charge on any atom is -0.492 e. The summed E-state index contributed by atoms with van der Waals surface area (Å²) in [4.78, 5) is 11.8. The van der Waals surface area contributed by atoms with E-state index in [0.717, 1.165) is 28.1 Å². The molecular weight excluding hydrogens is 276 g/mol. The fraction of sp³-hybridized carbons (Fsp3) is 0.278. The van der Waals surface area contributed by atoms with Crippen LogP contribution in [0, 0.1) is 20.8 Å². The zero-order valence-electron chi connectivity index (χ0n) is 13.3. The van der Waals surface area contributed by atoms with Gasteiger partial charge in [0.25, 0.3) is 0 Å². The first-order valence-corrected chi connectivity index (χ1v) is 7.35. The lowest BCUT2D eigenvalue weighted by atomic mass is 10.1. The molecule has 22 heavy (non-hydrogen) atoms. The Morgan fingerprint density at radius 1 is 1.00 bits per heavy atom. The van der Waals surface area contributed by atoms with E-state index in [9.17, 15) is 4.79 Å². The molecule has 2 rings (SSSR count). The van der Waals surface area contributed by atoms with E-state index in [4.69, 9.17) is 4.74 Å². The van der Waals surface area contributed by atoms with Crippen molar-refractivity contribution in [1.29, 1.82) is 0 Å². The molecule has 0 saturated heterocycles. The highest BCUT2D eigenvalue weighted by molar-refractivity contribution is 5.89. The van der Waals surface area contributed by atoms with Crippen LogP contribution >= 0.6 is 0 Å². The number of carbonyl (C=O) groups is 1. The number of hydrogen-bond donors (Lipinski definition) is 2. The Hall–Kier alpha value is -2.49. The van der Waals surface area contributed by atoms with Crippen LogP contribution < -0.4 is 15.4 Å². The van der Waals surface area contributed by atoms with Gasteiger partial charge in [-0.15, -0.1) is 0 Å². The first kappa shape index (κ1) is 15.9. The number of rotatable bonds is 5. The minimum atomic E-state index is -0.224. The van der Waals surface area contributed by atoms with Crippen molar-refractivity contribution in [2.24, 2.45) is 0 Å². The van der Waals surface area contributed by atoms with Gasteiger partial charge < -0.3 is 15.4 Å². The van der Waals surface area contributed by atoms with Crippen LogP contribution in [0.1, 0.15) is 16.7 Å². The van der Waals surface area contributed by atoms with E-state index in [1.807, 2.05) is 57.2 Å². The Morgan fingerprint density at radius 2 is 1.73 bits per heavy atom. The lowest BCUT2D eigenvalue weighted by Crippen LogP contribution is -2.32. The van der Waals surface area contributed by atoms with Gasteiger partial charge in [0.05, 0.1) is 6.54 Å². The predicted octanol–water partition coefficient (Wildman–Crippen LogP) is 3.81. The molecule has 0 heterocycles. The Morgan fingerprint density at radius 3 is 2.41 bits per heavy atom. The molecule has 0 atom stereocenters. The van der Waals surface area contributed by atoms with E-state index in [1.165, 1.54) is 0 Å². The molecule has 0 bridgehead atoms. The molecule has 0 aliphatic rings. The summed E-state index contributed by atoms with van der Waals surface area (Å²) in [6.07, 6.45) is 0. The van der Waals surface area contributed by atoms with E-state index in [2.05, 4.69) is 16.7 Å². The number of ether oxygens (including phenoxy) is 1. The molecule has 0 radical (unpaired) electrons. The maximum Gasteiger partial charge on any atom is 0.319 e. The fourth-order valence-electron chi connectivity index (χ4n) is 2.26. The predicted molar refractivity (Wildman–Crippen MR) is 89.6 cm³/mol. The van der Waals surface area contributed by atoms with Crippen molar-refractivity contribution < 1.29 is 9.53 Å². The number of aryl methyl sites for hydroxylation is 3. The average Bonchev–Trinajstić information content (AvgIpc) is 2.42. The summed E-state index contributed by atoms with van der Waals surface area (Å²) >= 11 is 0. The monoisotopic (exact) mass is 298 g/mol. The number of amides is 2. The van der Waals surface area contributed by atoms with Crippen LogP contribution in [0.15, 0.2) is 42.5 Å². The summed E-state index contributed by atoms with van der Waals surface area (Å²) < 4.78 is 5.58. The summed E-state index contributed by atoms with van der Waals surface area (Å²) in [5, 5.41) is 5.61. The second-order valence-corrected chi connectivity index (χ2v) is 5.42. The van der Waals surface area contributed by atoms with Crippen molar-refractivity contribution in [1.82, 2.24) is 5.32 Å². The number of urea groups is 1. The highest BCUT2D eigenvalue weighted by atomic mass is 16.5. The van der Waals surface area contributed by atoms with E-state index in [1.54, 1.807) is 0 Å². The molecule has 2 amide bonds. The molecule has 0 saturated carbocycles. The summed E-state index contributed by atoms with van der Waals surface area (Å²) in [7, 11) is 0. The van der Waals surface area contributed by atoms with Crippen LogP contribution in [-0.2, 0) is 0 Å². The van der Waals surface area contributed by atoms with E-state index in [-0.39, 0.29) is 6.03 Å². The summed E-state index contributed by atoms with van der Waals surface area (Å²) in [5.41, 5.74) is 4.20. The third-order valence-corrected chi connectivity index (χ3v) is 3.13. The molecule has 2 aromatic carbocycles. The van der Waals surface area contributed by atoms with Gasteiger partial charge in [0.2, 0.25) is 0 Å². The molecule has 2 N–H and O–H groups in total. The van der Waals surface area contributed by atoms with Crippen LogP contribution in [0.3, 0.4) is 0 Å². The molecule has 0 unspecified atom stereocenters. The first-order valence-electron chi connectivity index (χ1n) is 7.35. The highest BCUT2D eigenvalue weighted by Gasteiger charge is 2.02. The summed E-state index contributed by atoms with van der Waals surface area (Å²) in [6, 6.07) is 13.6. The normalized spacial score (nSPS) is 10.1. The highest BCUT2D eigenvalue weighted by Crippen LogP contribution is 2.13. The van der Waals surface area contributed by atoms with Crippen LogP contribution in [0.4, 0.5) is 10.5 Å². The molecule has 2 aromatic rings. The van der Waals surface area contributed by atoms with Crippen molar-refractivity contribution in [2.75, 3.05) is 18.5 Å². The maximum absolute atomic E-state index is 11.8. The Kier molecular flexibility index (Phi) is 5.42. The van der Waals surface area contributed by atoms with Gasteiger partial charge >= 0.3 is 6.03 Å². The zero-order chi connectivity index (χ0) is 15.9. The van der Waals surface area contributed by atoms with E-state index >= 15 is 0 Å². The second-order valence-electron chi connectivity index (χ2n) is 5.42. The van der Waals surface area contributed by atoms with Crippen LogP contribution in [0.25, 0.3) is 0 Å². The van der Waals surface area contributed by atoms with Crippen LogP contribution in [-0.4, -0.2) is 19.2 Å². The van der Waals surface area contributed by atoms with Crippen molar-refractivity contribution in [2.45, 2.75) is 20.8 Å². The van der Waals surface area contributed by atoms with Gasteiger partial charge in [-0.3, -0.25) is 0 Å². The second kappa shape index (κ2) is 7.50. The number of nitrogens with one attached hydrogen (secondary N) is 2. The SMILES string of the molecule is Cc1cc(C)cc(NC(=O)NCCOc2cccc(C)c2)c1. The van der Waals surface area contributed by atoms with Gasteiger partial charge in [-0.2, -0.15) is 0 Å². The first-order chi connectivity index (χ1) is 10.5. The Balaban J connectivity index is 1.74. The van der Waals surface area contributed by atoms with E-state index < -0.39 is 0 Å². The molecule has 0 spiro atoms. The average molecular weight is 298 g/mol. The molecule has 0 aliphatic carbocycles. The standard InChI is InChI=1S/C18H22N2O2/c1-13-5-4-6-17(12-13)22-8-7-19-18(21)20-16-10-14(2)9-15(3)11-16/h4-6,9-12H,7-8H2,1-3H3,(H2,19,20,21). The number of carbonyl (C=O) groups excluding carboxylic acids is 1. The van der Waals surface area contributed by atoms with Crippen molar-refractivity contribution in [3.63, 3.8) is 0 Å². The summed E-state index contributed by atoms with van der Waals surface area (Å²) in [6.45, 7) is 6.91. The molecule has 0 aliphatic heterocycles. The van der Waals surface area contributed by atoms with Gasteiger partial charge in [-0.1, -0.05) is 18.2 Å². The minimum absolute atomic E-state index is 0.224. The van der Waals surface area contributed by atoms with Gasteiger partial charge in [-0.05, 0) is 61.7 Å². The third-order valence-electron chi connectivity index (χ3n) is 3.13. The zero-order valence-corrected chi connectivity index (χ0v) is 13.3. The molecule has 4 heteroatoms. The Labute approximate surface area is 131 Å². The van der Waals surface area contributed by atoms with Crippen molar-refractivity contribution in [3.05, 3.63) is 59.2 Å². The topological polar surface area (TPSA) is 50.4 Å². The lowest BCUT2D eigenvalue weighted by molar-refractivity contribution is 0.247. The number of anilines is 1. The molecular formula is C18H22N2O2. The Bertz CT molecular complexity index is 633.